The molecule has 140 valence electrons. The Kier molecular flexibility index (Phi) is 5.62. The van der Waals surface area contributed by atoms with Crippen LogP contribution in [0.2, 0.25) is 4.34 Å². The number of carbonyl (C=O) groups excluding carboxylic acids is 2. The highest BCUT2D eigenvalue weighted by Gasteiger charge is 2.17. The molecule has 1 aromatic carbocycles. The molecule has 0 aliphatic carbocycles. The van der Waals surface area contributed by atoms with Crippen LogP contribution in [0.5, 0.6) is 0 Å². The van der Waals surface area contributed by atoms with Gasteiger partial charge in [-0.25, -0.2) is 9.48 Å². The van der Waals surface area contributed by atoms with E-state index in [4.69, 9.17) is 16.3 Å². The number of amides is 1. The van der Waals surface area contributed by atoms with Crippen molar-refractivity contribution in [2.24, 2.45) is 0 Å². The van der Waals surface area contributed by atoms with Gasteiger partial charge in [0.1, 0.15) is 4.88 Å². The van der Waals surface area contributed by atoms with Crippen molar-refractivity contribution in [2.75, 3.05) is 11.9 Å². The van der Waals surface area contributed by atoms with Gasteiger partial charge in [0.2, 0.25) is 0 Å². The predicted octanol–water partition coefficient (Wildman–Crippen LogP) is 4.31. The summed E-state index contributed by atoms with van der Waals surface area (Å²) in [4.78, 5) is 24.5. The van der Waals surface area contributed by atoms with Crippen molar-refractivity contribution in [1.29, 1.82) is 0 Å². The van der Waals surface area contributed by atoms with Gasteiger partial charge in [-0.1, -0.05) is 29.3 Å². The van der Waals surface area contributed by atoms with Gasteiger partial charge in [-0.15, -0.1) is 11.3 Å². The van der Waals surface area contributed by atoms with Crippen molar-refractivity contribution < 1.29 is 14.3 Å². The summed E-state index contributed by atoms with van der Waals surface area (Å²) in [6.45, 7) is 5.31. The lowest BCUT2D eigenvalue weighted by Crippen LogP contribution is -2.21. The van der Waals surface area contributed by atoms with Gasteiger partial charge in [-0.05, 0) is 45.0 Å². The number of esters is 1. The third-order valence-corrected chi connectivity index (χ3v) is 5.15. The molecule has 2 heterocycles. The largest absolute Gasteiger partial charge is 0.451 e. The number of aromatic nitrogens is 2. The quantitative estimate of drug-likeness (QED) is 0.644. The Hall–Kier alpha value is -2.64. The zero-order chi connectivity index (χ0) is 19.6. The molecule has 8 heteroatoms. The molecule has 0 fully saturated rings. The maximum atomic E-state index is 12.2. The first-order valence-corrected chi connectivity index (χ1v) is 9.40. The topological polar surface area (TPSA) is 73.2 Å². The molecule has 0 unspecified atom stereocenters. The van der Waals surface area contributed by atoms with Crippen LogP contribution in [0.15, 0.2) is 36.4 Å². The fraction of sp³-hybridized carbons (Fsp3) is 0.211. The molecule has 1 N–H and O–H groups in total. The number of nitrogens with zero attached hydrogens (tertiary/aromatic N) is 2. The summed E-state index contributed by atoms with van der Waals surface area (Å²) in [7, 11) is 0. The summed E-state index contributed by atoms with van der Waals surface area (Å²) in [6.07, 6.45) is 0. The van der Waals surface area contributed by atoms with Crippen molar-refractivity contribution in [1.82, 2.24) is 9.78 Å². The lowest BCUT2D eigenvalue weighted by Gasteiger charge is -2.08. The number of anilines is 1. The molecule has 0 radical (unpaired) electrons. The van der Waals surface area contributed by atoms with Crippen LogP contribution in [0, 0.1) is 20.8 Å². The summed E-state index contributed by atoms with van der Waals surface area (Å²) in [5, 5.41) is 7.26. The van der Waals surface area contributed by atoms with Crippen LogP contribution in [-0.2, 0) is 9.53 Å². The minimum Gasteiger partial charge on any atom is -0.451 e. The van der Waals surface area contributed by atoms with E-state index in [2.05, 4.69) is 10.4 Å². The van der Waals surface area contributed by atoms with Crippen molar-refractivity contribution >= 4 is 40.5 Å². The number of hydrogen-bond donors (Lipinski definition) is 1. The number of halogens is 1. The van der Waals surface area contributed by atoms with E-state index >= 15 is 0 Å². The van der Waals surface area contributed by atoms with Crippen LogP contribution in [0.1, 0.15) is 26.6 Å². The number of ether oxygens (including phenoxy) is 1. The Labute approximate surface area is 165 Å². The molecule has 0 bridgehead atoms. The number of hydrogen-bond acceptors (Lipinski definition) is 5. The van der Waals surface area contributed by atoms with Gasteiger partial charge >= 0.3 is 5.97 Å². The Bertz CT molecular complexity index is 992. The van der Waals surface area contributed by atoms with Crippen molar-refractivity contribution in [2.45, 2.75) is 20.8 Å². The van der Waals surface area contributed by atoms with Gasteiger partial charge in [0.25, 0.3) is 5.91 Å². The zero-order valence-electron chi connectivity index (χ0n) is 15.1. The van der Waals surface area contributed by atoms with Crippen LogP contribution in [0.25, 0.3) is 5.69 Å². The highest BCUT2D eigenvalue weighted by molar-refractivity contribution is 7.17. The standard InChI is InChI=1S/C19H18ClN3O3S/c1-11-4-6-14(7-5-11)23-13(3)18(12(2)22-23)21-17(24)10-26-19(25)15-8-9-16(20)27-15/h4-9H,10H2,1-3H3,(H,21,24). The first-order valence-electron chi connectivity index (χ1n) is 8.20. The maximum Gasteiger partial charge on any atom is 0.348 e. The van der Waals surface area contributed by atoms with E-state index in [1.54, 1.807) is 16.8 Å². The molecular weight excluding hydrogens is 386 g/mol. The van der Waals surface area contributed by atoms with E-state index in [0.717, 1.165) is 28.3 Å². The number of carbonyl (C=O) groups is 2. The average Bonchev–Trinajstić information content (AvgIpc) is 3.19. The molecule has 1 amide bonds. The zero-order valence-corrected chi connectivity index (χ0v) is 16.6. The molecular formula is C19H18ClN3O3S. The molecule has 3 rings (SSSR count). The molecule has 27 heavy (non-hydrogen) atoms. The van der Waals surface area contributed by atoms with Crippen LogP contribution < -0.4 is 5.32 Å². The van der Waals surface area contributed by atoms with Crippen LogP contribution in [-0.4, -0.2) is 28.3 Å². The maximum absolute atomic E-state index is 12.2. The molecule has 2 aromatic heterocycles. The van der Waals surface area contributed by atoms with Gasteiger partial charge in [0.15, 0.2) is 6.61 Å². The number of thiophene rings is 1. The Morgan fingerprint density at radius 3 is 2.48 bits per heavy atom. The molecule has 0 saturated heterocycles. The summed E-state index contributed by atoms with van der Waals surface area (Å²) < 4.78 is 7.29. The predicted molar refractivity (Wildman–Crippen MR) is 106 cm³/mol. The number of benzene rings is 1. The number of rotatable bonds is 5. The van der Waals surface area contributed by atoms with E-state index in [1.165, 1.54) is 0 Å². The normalized spacial score (nSPS) is 10.7. The Morgan fingerprint density at radius 2 is 1.85 bits per heavy atom. The smallest absolute Gasteiger partial charge is 0.348 e. The molecule has 0 atom stereocenters. The number of aryl methyl sites for hydroxylation is 2. The van der Waals surface area contributed by atoms with Crippen LogP contribution >= 0.6 is 22.9 Å². The van der Waals surface area contributed by atoms with E-state index in [9.17, 15) is 9.59 Å². The van der Waals surface area contributed by atoms with Crippen molar-refractivity contribution in [3.63, 3.8) is 0 Å². The summed E-state index contributed by atoms with van der Waals surface area (Å²) in [5.74, 6) is -1.01. The monoisotopic (exact) mass is 403 g/mol. The fourth-order valence-electron chi connectivity index (χ4n) is 2.56. The lowest BCUT2D eigenvalue weighted by atomic mass is 10.2. The second kappa shape index (κ2) is 7.94. The molecule has 0 spiro atoms. The van der Waals surface area contributed by atoms with Gasteiger partial charge in [0.05, 0.1) is 27.1 Å². The van der Waals surface area contributed by atoms with Crippen molar-refractivity contribution in [3.05, 3.63) is 62.6 Å². The first kappa shape index (κ1) is 19.1. The fourth-order valence-corrected chi connectivity index (χ4v) is 3.50. The first-order chi connectivity index (χ1) is 12.8. The van der Waals surface area contributed by atoms with Gasteiger partial charge in [0, 0.05) is 0 Å². The highest BCUT2D eigenvalue weighted by atomic mass is 35.5. The van der Waals surface area contributed by atoms with Crippen molar-refractivity contribution in [3.8, 4) is 5.69 Å². The van der Waals surface area contributed by atoms with Gasteiger partial charge in [-0.2, -0.15) is 5.10 Å². The third-order valence-electron chi connectivity index (χ3n) is 3.94. The summed E-state index contributed by atoms with van der Waals surface area (Å²) in [6, 6.07) is 11.1. The summed E-state index contributed by atoms with van der Waals surface area (Å²) in [5.41, 5.74) is 4.14. The second-order valence-electron chi connectivity index (χ2n) is 6.02. The minimum atomic E-state index is -0.578. The van der Waals surface area contributed by atoms with E-state index in [0.29, 0.717) is 20.6 Å². The molecule has 3 aromatic rings. The lowest BCUT2D eigenvalue weighted by molar-refractivity contribution is -0.119. The highest BCUT2D eigenvalue weighted by Crippen LogP contribution is 2.24. The Balaban J connectivity index is 1.67. The van der Waals surface area contributed by atoms with E-state index < -0.39 is 11.9 Å². The van der Waals surface area contributed by atoms with E-state index in [-0.39, 0.29) is 6.61 Å². The van der Waals surface area contributed by atoms with Crippen LogP contribution in [0.3, 0.4) is 0 Å². The molecule has 0 aliphatic heterocycles. The molecule has 0 saturated carbocycles. The second-order valence-corrected chi connectivity index (χ2v) is 7.74. The average molecular weight is 404 g/mol. The SMILES string of the molecule is Cc1ccc(-n2nc(C)c(NC(=O)COC(=O)c3ccc(Cl)s3)c2C)cc1. The van der Waals surface area contributed by atoms with E-state index in [1.807, 2.05) is 45.0 Å². The summed E-state index contributed by atoms with van der Waals surface area (Å²) >= 11 is 6.90. The molecule has 6 nitrogen and oxygen atoms in total. The van der Waals surface area contributed by atoms with Gasteiger partial charge in [-0.3, -0.25) is 4.79 Å². The molecule has 0 aliphatic rings. The van der Waals surface area contributed by atoms with Gasteiger partial charge < -0.3 is 10.1 Å². The van der Waals surface area contributed by atoms with Crippen LogP contribution in [0.4, 0.5) is 5.69 Å². The Morgan fingerprint density at radius 1 is 1.15 bits per heavy atom. The number of nitrogens with one attached hydrogen (secondary N) is 1. The third kappa shape index (κ3) is 4.37. The minimum absolute atomic E-state index is 0.354.